The first-order valence-corrected chi connectivity index (χ1v) is 3.51. The highest BCUT2D eigenvalue weighted by Gasteiger charge is 1.97. The number of alkyl halides is 1. The second-order valence-corrected chi connectivity index (χ2v) is 2.47. The highest BCUT2D eigenvalue weighted by atomic mass is 35.5. The Morgan fingerprint density at radius 2 is 2.12 bits per heavy atom. The molecule has 0 saturated heterocycles. The summed E-state index contributed by atoms with van der Waals surface area (Å²) in [6.07, 6.45) is 1.90. The maximum Gasteiger partial charge on any atom is 0.0433 e. The third-order valence-corrected chi connectivity index (χ3v) is 1.44. The highest BCUT2D eigenvalue weighted by molar-refractivity contribution is 6.17. The summed E-state index contributed by atoms with van der Waals surface area (Å²) >= 11 is 5.45. The first kappa shape index (κ1) is 8.25. The Morgan fingerprint density at radius 1 is 1.50 bits per heavy atom. The summed E-state index contributed by atoms with van der Waals surface area (Å²) < 4.78 is 0. The minimum atomic E-state index is 0.290. The quantitative estimate of drug-likeness (QED) is 0.583. The topological polar surface area (TPSA) is 20.2 Å². The fraction of sp³-hybridized carbons (Fsp3) is 1.00. The van der Waals surface area contributed by atoms with Crippen molar-refractivity contribution < 1.29 is 5.11 Å². The fourth-order valence-corrected chi connectivity index (χ4v) is 0.924. The standard InChI is InChI=1S/C6H13ClO/c1-6(2-4-7)3-5-8/h6,8H,2-5H2,1H3/t6-/m0/s1. The molecule has 1 nitrogen and oxygen atoms in total. The molecule has 0 bridgehead atoms. The van der Waals surface area contributed by atoms with Gasteiger partial charge in [-0.25, -0.2) is 0 Å². The van der Waals surface area contributed by atoms with Crippen LogP contribution in [0.2, 0.25) is 0 Å². The Kier molecular flexibility index (Phi) is 5.56. The number of hydrogen-bond acceptors (Lipinski definition) is 1. The summed E-state index contributed by atoms with van der Waals surface area (Å²) in [5.74, 6) is 1.29. The van der Waals surface area contributed by atoms with Gasteiger partial charge >= 0.3 is 0 Å². The van der Waals surface area contributed by atoms with Crippen molar-refractivity contribution in [3.8, 4) is 0 Å². The maximum atomic E-state index is 8.42. The molecule has 0 rings (SSSR count). The van der Waals surface area contributed by atoms with Gasteiger partial charge in [-0.05, 0) is 18.8 Å². The van der Waals surface area contributed by atoms with Crippen molar-refractivity contribution in [2.75, 3.05) is 12.5 Å². The van der Waals surface area contributed by atoms with E-state index in [-0.39, 0.29) is 6.61 Å². The molecule has 0 amide bonds. The third kappa shape index (κ3) is 4.41. The van der Waals surface area contributed by atoms with Gasteiger partial charge in [0.25, 0.3) is 0 Å². The zero-order valence-electron chi connectivity index (χ0n) is 5.23. The van der Waals surface area contributed by atoms with E-state index < -0.39 is 0 Å². The minimum Gasteiger partial charge on any atom is -0.396 e. The van der Waals surface area contributed by atoms with E-state index in [1.54, 1.807) is 0 Å². The largest absolute Gasteiger partial charge is 0.396 e. The van der Waals surface area contributed by atoms with E-state index >= 15 is 0 Å². The lowest BCUT2D eigenvalue weighted by molar-refractivity contribution is 0.261. The maximum absolute atomic E-state index is 8.42. The van der Waals surface area contributed by atoms with Crippen molar-refractivity contribution in [2.24, 2.45) is 5.92 Å². The molecule has 0 spiro atoms. The zero-order valence-corrected chi connectivity index (χ0v) is 5.99. The second-order valence-electron chi connectivity index (χ2n) is 2.10. The van der Waals surface area contributed by atoms with Crippen LogP contribution < -0.4 is 0 Å². The summed E-state index contributed by atoms with van der Waals surface area (Å²) in [4.78, 5) is 0. The predicted octanol–water partition coefficient (Wildman–Crippen LogP) is 1.63. The van der Waals surface area contributed by atoms with Gasteiger partial charge in [-0.3, -0.25) is 0 Å². The molecule has 1 atom stereocenters. The van der Waals surface area contributed by atoms with Gasteiger partial charge in [0.1, 0.15) is 0 Å². The van der Waals surface area contributed by atoms with Crippen LogP contribution in [0.15, 0.2) is 0 Å². The van der Waals surface area contributed by atoms with Crippen LogP contribution in [0.3, 0.4) is 0 Å². The van der Waals surface area contributed by atoms with Crippen molar-refractivity contribution in [3.05, 3.63) is 0 Å². The average Bonchev–Trinajstić information content (AvgIpc) is 1.68. The molecule has 1 N–H and O–H groups in total. The number of hydrogen-bond donors (Lipinski definition) is 1. The van der Waals surface area contributed by atoms with Crippen molar-refractivity contribution >= 4 is 11.6 Å². The highest BCUT2D eigenvalue weighted by Crippen LogP contribution is 2.06. The lowest BCUT2D eigenvalue weighted by Crippen LogP contribution is -1.97. The van der Waals surface area contributed by atoms with Crippen LogP contribution in [-0.4, -0.2) is 17.6 Å². The summed E-state index contributed by atoms with van der Waals surface area (Å²) in [6, 6.07) is 0. The molecule has 0 aliphatic carbocycles. The molecule has 0 radical (unpaired) electrons. The van der Waals surface area contributed by atoms with E-state index in [4.69, 9.17) is 16.7 Å². The van der Waals surface area contributed by atoms with Crippen LogP contribution in [0.4, 0.5) is 0 Å². The van der Waals surface area contributed by atoms with Crippen LogP contribution >= 0.6 is 11.6 Å². The van der Waals surface area contributed by atoms with E-state index in [9.17, 15) is 0 Å². The molecule has 0 aromatic carbocycles. The molecule has 50 valence electrons. The van der Waals surface area contributed by atoms with Gasteiger partial charge < -0.3 is 5.11 Å². The molecule has 0 aliphatic rings. The molecule has 0 aromatic rings. The average molecular weight is 137 g/mol. The van der Waals surface area contributed by atoms with Gasteiger partial charge in [-0.2, -0.15) is 0 Å². The summed E-state index contributed by atoms with van der Waals surface area (Å²) in [6.45, 7) is 2.39. The van der Waals surface area contributed by atoms with Crippen LogP contribution in [0.25, 0.3) is 0 Å². The van der Waals surface area contributed by atoms with E-state index in [2.05, 4.69) is 6.92 Å². The number of aliphatic hydroxyl groups is 1. The van der Waals surface area contributed by atoms with Crippen LogP contribution in [0, 0.1) is 5.92 Å². The van der Waals surface area contributed by atoms with Crippen molar-refractivity contribution in [1.82, 2.24) is 0 Å². The molecule has 0 fully saturated rings. The number of rotatable bonds is 4. The molecule has 8 heavy (non-hydrogen) atoms. The minimum absolute atomic E-state index is 0.290. The van der Waals surface area contributed by atoms with E-state index in [0.717, 1.165) is 12.8 Å². The first-order valence-electron chi connectivity index (χ1n) is 2.98. The number of halogens is 1. The van der Waals surface area contributed by atoms with Gasteiger partial charge in [-0.15, -0.1) is 11.6 Å². The van der Waals surface area contributed by atoms with E-state index in [1.165, 1.54) is 0 Å². The Bertz CT molecular complexity index is 41.8. The van der Waals surface area contributed by atoms with Gasteiger partial charge in [0, 0.05) is 12.5 Å². The summed E-state index contributed by atoms with van der Waals surface area (Å²) in [5.41, 5.74) is 0. The van der Waals surface area contributed by atoms with Gasteiger partial charge in [-0.1, -0.05) is 6.92 Å². The SMILES string of the molecule is C[C@H](CCO)CCCl. The summed E-state index contributed by atoms with van der Waals surface area (Å²) in [5, 5.41) is 8.42. The van der Waals surface area contributed by atoms with Crippen molar-refractivity contribution in [2.45, 2.75) is 19.8 Å². The number of aliphatic hydroxyl groups excluding tert-OH is 1. The molecule has 2 heteroatoms. The van der Waals surface area contributed by atoms with Crippen LogP contribution in [-0.2, 0) is 0 Å². The molecular weight excluding hydrogens is 124 g/mol. The van der Waals surface area contributed by atoms with Gasteiger partial charge in [0.15, 0.2) is 0 Å². The Morgan fingerprint density at radius 3 is 2.50 bits per heavy atom. The normalized spacial score (nSPS) is 13.9. The smallest absolute Gasteiger partial charge is 0.0433 e. The second kappa shape index (κ2) is 5.39. The van der Waals surface area contributed by atoms with Gasteiger partial charge in [0.05, 0.1) is 0 Å². The summed E-state index contributed by atoms with van der Waals surface area (Å²) in [7, 11) is 0. The lowest BCUT2D eigenvalue weighted by Gasteiger charge is -2.04. The van der Waals surface area contributed by atoms with Crippen molar-refractivity contribution in [3.63, 3.8) is 0 Å². The van der Waals surface area contributed by atoms with Crippen molar-refractivity contribution in [1.29, 1.82) is 0 Å². The van der Waals surface area contributed by atoms with Crippen LogP contribution in [0.1, 0.15) is 19.8 Å². The predicted molar refractivity (Wildman–Crippen MR) is 36.2 cm³/mol. The monoisotopic (exact) mass is 136 g/mol. The fourth-order valence-electron chi connectivity index (χ4n) is 0.551. The molecule has 0 aromatic heterocycles. The molecule has 0 aliphatic heterocycles. The molecule has 0 saturated carbocycles. The Balaban J connectivity index is 2.92. The third-order valence-electron chi connectivity index (χ3n) is 1.22. The Hall–Kier alpha value is 0.250. The van der Waals surface area contributed by atoms with Crippen LogP contribution in [0.5, 0.6) is 0 Å². The molecule has 0 unspecified atom stereocenters. The van der Waals surface area contributed by atoms with E-state index in [0.29, 0.717) is 11.8 Å². The zero-order chi connectivity index (χ0) is 6.41. The molecular formula is C6H13ClO. The van der Waals surface area contributed by atoms with E-state index in [1.807, 2.05) is 0 Å². The lowest BCUT2D eigenvalue weighted by atomic mass is 10.1. The van der Waals surface area contributed by atoms with Gasteiger partial charge in [0.2, 0.25) is 0 Å². The first-order chi connectivity index (χ1) is 3.81. The molecule has 0 heterocycles. The Labute approximate surface area is 55.7 Å².